The van der Waals surface area contributed by atoms with Crippen molar-refractivity contribution in [2.45, 2.75) is 77.3 Å². The van der Waals surface area contributed by atoms with Crippen LogP contribution in [0, 0.1) is 17.8 Å². The number of anilines is 2. The van der Waals surface area contributed by atoms with Gasteiger partial charge in [-0.1, -0.05) is 30.3 Å². The van der Waals surface area contributed by atoms with Crippen molar-refractivity contribution < 1.29 is 9.53 Å². The smallest absolute Gasteiger partial charge is 0.255 e. The van der Waals surface area contributed by atoms with Gasteiger partial charge in [0, 0.05) is 71.9 Å². The lowest BCUT2D eigenvalue weighted by molar-refractivity contribution is -0.0939. The van der Waals surface area contributed by atoms with Crippen LogP contribution < -0.4 is 14.5 Å². The molecule has 1 amide bonds. The van der Waals surface area contributed by atoms with Gasteiger partial charge in [-0.3, -0.25) is 4.79 Å². The number of benzene rings is 3. The molecule has 2 aliphatic heterocycles. The van der Waals surface area contributed by atoms with Crippen molar-refractivity contribution in [1.82, 2.24) is 4.90 Å². The van der Waals surface area contributed by atoms with Gasteiger partial charge < -0.3 is 19.4 Å². The monoisotopic (exact) mass is 575 g/mol. The molecule has 0 atom stereocenters. The van der Waals surface area contributed by atoms with E-state index in [1.165, 1.54) is 30.6 Å². The van der Waals surface area contributed by atoms with Gasteiger partial charge in [0.2, 0.25) is 0 Å². The largest absolute Gasteiger partial charge is 0.456 e. The zero-order valence-corrected chi connectivity index (χ0v) is 26.2. The van der Waals surface area contributed by atoms with Crippen LogP contribution in [0.2, 0.25) is 0 Å². The Hall–Kier alpha value is -3.47. The second kappa shape index (κ2) is 9.77. The molecule has 4 aliphatic carbocycles. The highest BCUT2D eigenvalue weighted by Crippen LogP contribution is 2.66. The van der Waals surface area contributed by atoms with E-state index in [0.29, 0.717) is 0 Å². The van der Waals surface area contributed by atoms with Crippen molar-refractivity contribution in [2.75, 3.05) is 36.0 Å². The third-order valence-corrected chi connectivity index (χ3v) is 11.8. The van der Waals surface area contributed by atoms with Crippen molar-refractivity contribution >= 4 is 17.3 Å². The van der Waals surface area contributed by atoms with E-state index in [1.54, 1.807) is 0 Å². The van der Waals surface area contributed by atoms with Gasteiger partial charge in [0.1, 0.15) is 17.0 Å². The molecule has 0 aromatic heterocycles. The van der Waals surface area contributed by atoms with Crippen LogP contribution in [0.15, 0.2) is 60.7 Å². The summed E-state index contributed by atoms with van der Waals surface area (Å²) in [6, 6.07) is 22.0. The zero-order chi connectivity index (χ0) is 29.5. The Balaban J connectivity index is 1.42. The highest BCUT2D eigenvalue weighted by Gasteiger charge is 2.65. The molecule has 2 heterocycles. The van der Waals surface area contributed by atoms with E-state index in [9.17, 15) is 0 Å². The lowest BCUT2D eigenvalue weighted by Crippen LogP contribution is -2.65. The standard InChI is InChI=1S/C38H45N3O2/c1-5-39(6-2)28-13-15-32-34(20-28)43-35-21-29(40(7-3)8-4)14-16-33(35)38(32)31-12-10-9-11-30(31)36(42)41(38)37-22-25-17-26(23-37)19-27(18-25)24-37/h9-16,20-21,25-27H,5-8,17-19,22-24H2,1-4H3. The van der Waals surface area contributed by atoms with E-state index in [4.69, 9.17) is 4.74 Å². The van der Waals surface area contributed by atoms with Crippen LogP contribution in [-0.4, -0.2) is 42.5 Å². The second-order valence-electron chi connectivity index (χ2n) is 13.8. The molecule has 4 saturated carbocycles. The zero-order valence-electron chi connectivity index (χ0n) is 26.2. The Kier molecular flexibility index (Phi) is 6.16. The molecule has 43 heavy (non-hydrogen) atoms. The molecule has 4 fully saturated rings. The Bertz CT molecular complexity index is 1490. The third-order valence-electron chi connectivity index (χ3n) is 11.8. The quantitative estimate of drug-likeness (QED) is 0.285. The van der Waals surface area contributed by atoms with Crippen molar-refractivity contribution in [1.29, 1.82) is 0 Å². The molecule has 6 aliphatic rings. The highest BCUT2D eigenvalue weighted by molar-refractivity contribution is 6.03. The van der Waals surface area contributed by atoms with Crippen LogP contribution in [-0.2, 0) is 5.54 Å². The number of hydrogen-bond donors (Lipinski definition) is 0. The van der Waals surface area contributed by atoms with Gasteiger partial charge in [0.05, 0.1) is 0 Å². The van der Waals surface area contributed by atoms with E-state index < -0.39 is 5.54 Å². The number of carbonyl (C=O) groups is 1. The summed E-state index contributed by atoms with van der Waals surface area (Å²) in [4.78, 5) is 22.2. The summed E-state index contributed by atoms with van der Waals surface area (Å²) < 4.78 is 6.95. The minimum absolute atomic E-state index is 0.133. The fourth-order valence-electron chi connectivity index (χ4n) is 10.4. The van der Waals surface area contributed by atoms with Crippen molar-refractivity contribution in [3.8, 4) is 11.5 Å². The first kappa shape index (κ1) is 27.1. The summed E-state index contributed by atoms with van der Waals surface area (Å²) in [5, 5.41) is 0. The number of rotatable bonds is 7. The molecule has 5 heteroatoms. The SMILES string of the molecule is CCN(CC)c1ccc2c(c1)Oc1cc(N(CC)CC)ccc1C21c2ccccc2C(=O)N1C12CC3CC(CC(C3)C1)C2. The normalized spacial score (nSPS) is 27.1. The summed E-state index contributed by atoms with van der Waals surface area (Å²) in [6.07, 6.45) is 7.41. The van der Waals surface area contributed by atoms with Gasteiger partial charge in [0.25, 0.3) is 5.91 Å². The number of ether oxygens (including phenoxy) is 1. The highest BCUT2D eigenvalue weighted by atomic mass is 16.5. The van der Waals surface area contributed by atoms with Crippen molar-refractivity contribution in [3.05, 3.63) is 82.9 Å². The molecule has 3 aromatic carbocycles. The Morgan fingerprint density at radius 2 is 1.19 bits per heavy atom. The van der Waals surface area contributed by atoms with Crippen LogP contribution >= 0.6 is 0 Å². The summed E-state index contributed by atoms with van der Waals surface area (Å²) in [5.74, 6) is 4.16. The molecule has 0 unspecified atom stereocenters. The van der Waals surface area contributed by atoms with Gasteiger partial charge in [-0.05, 0) is 108 Å². The average molecular weight is 576 g/mol. The maximum Gasteiger partial charge on any atom is 0.255 e. The molecule has 5 nitrogen and oxygen atoms in total. The fourth-order valence-corrected chi connectivity index (χ4v) is 10.4. The minimum Gasteiger partial charge on any atom is -0.456 e. The van der Waals surface area contributed by atoms with Crippen LogP contribution in [0.25, 0.3) is 0 Å². The first-order valence-electron chi connectivity index (χ1n) is 16.9. The van der Waals surface area contributed by atoms with Gasteiger partial charge in [-0.2, -0.15) is 0 Å². The van der Waals surface area contributed by atoms with Gasteiger partial charge in [-0.15, -0.1) is 0 Å². The molecule has 224 valence electrons. The summed E-state index contributed by atoms with van der Waals surface area (Å²) in [5.41, 5.74) is 5.69. The average Bonchev–Trinajstić information content (AvgIpc) is 3.27. The molecular weight excluding hydrogens is 530 g/mol. The topological polar surface area (TPSA) is 36.0 Å². The molecule has 1 spiro atoms. The van der Waals surface area contributed by atoms with Gasteiger partial charge in [-0.25, -0.2) is 0 Å². The van der Waals surface area contributed by atoms with E-state index in [-0.39, 0.29) is 11.4 Å². The first-order chi connectivity index (χ1) is 20.9. The van der Waals surface area contributed by atoms with E-state index in [0.717, 1.165) is 96.9 Å². The Morgan fingerprint density at radius 1 is 0.698 bits per heavy atom. The Labute approximate surface area is 256 Å². The van der Waals surface area contributed by atoms with Gasteiger partial charge >= 0.3 is 0 Å². The molecule has 9 rings (SSSR count). The molecule has 4 bridgehead atoms. The molecule has 0 radical (unpaired) electrons. The van der Waals surface area contributed by atoms with Crippen LogP contribution in [0.4, 0.5) is 11.4 Å². The van der Waals surface area contributed by atoms with E-state index >= 15 is 4.79 Å². The molecule has 3 aromatic rings. The number of nitrogens with zero attached hydrogens (tertiary/aromatic N) is 3. The summed E-state index contributed by atoms with van der Waals surface area (Å²) >= 11 is 0. The predicted molar refractivity (Wildman–Crippen MR) is 173 cm³/mol. The molecular formula is C38H45N3O2. The molecule has 0 N–H and O–H groups in total. The van der Waals surface area contributed by atoms with Gasteiger partial charge in [0.15, 0.2) is 0 Å². The number of carbonyl (C=O) groups excluding carboxylic acids is 1. The summed E-state index contributed by atoms with van der Waals surface area (Å²) in [6.45, 7) is 12.6. The van der Waals surface area contributed by atoms with E-state index in [2.05, 4.69) is 97.0 Å². The fraction of sp³-hybridized carbons (Fsp3) is 0.500. The molecule has 0 saturated heterocycles. The summed E-state index contributed by atoms with van der Waals surface area (Å²) in [7, 11) is 0. The maximum absolute atomic E-state index is 15.0. The lowest BCUT2D eigenvalue weighted by Gasteiger charge is -2.63. The second-order valence-corrected chi connectivity index (χ2v) is 13.8. The predicted octanol–water partition coefficient (Wildman–Crippen LogP) is 8.20. The van der Waals surface area contributed by atoms with Crippen molar-refractivity contribution in [3.63, 3.8) is 0 Å². The van der Waals surface area contributed by atoms with E-state index in [1.807, 2.05) is 6.07 Å². The number of fused-ring (bicyclic) bond motifs is 6. The van der Waals surface area contributed by atoms with Crippen LogP contribution in [0.5, 0.6) is 11.5 Å². The Morgan fingerprint density at radius 3 is 1.67 bits per heavy atom. The number of amides is 1. The minimum atomic E-state index is -0.716. The lowest BCUT2D eigenvalue weighted by atomic mass is 9.51. The maximum atomic E-state index is 15.0. The van der Waals surface area contributed by atoms with Crippen molar-refractivity contribution in [2.24, 2.45) is 17.8 Å². The number of hydrogen-bond acceptors (Lipinski definition) is 4. The van der Waals surface area contributed by atoms with Crippen LogP contribution in [0.3, 0.4) is 0 Å². The first-order valence-corrected chi connectivity index (χ1v) is 16.9. The third kappa shape index (κ3) is 3.66. The van der Waals surface area contributed by atoms with Crippen LogP contribution in [0.1, 0.15) is 93.3 Å².